The number of sulfonamides is 1. The van der Waals surface area contributed by atoms with Crippen molar-refractivity contribution in [3.8, 4) is 0 Å². The molecule has 0 spiro atoms. The highest BCUT2D eigenvalue weighted by molar-refractivity contribution is 9.09. The van der Waals surface area contributed by atoms with E-state index in [2.05, 4.69) is 20.7 Å². The maximum atomic E-state index is 12.0. The van der Waals surface area contributed by atoms with E-state index in [1.54, 1.807) is 24.3 Å². The summed E-state index contributed by atoms with van der Waals surface area (Å²) < 4.78 is 26.6. The van der Waals surface area contributed by atoms with Gasteiger partial charge in [-0.15, -0.1) is 0 Å². The van der Waals surface area contributed by atoms with Crippen molar-refractivity contribution < 1.29 is 18.3 Å². The van der Waals surface area contributed by atoms with E-state index in [0.717, 1.165) is 24.6 Å². The average Bonchev–Trinajstić information content (AvgIpc) is 2.46. The third-order valence-electron chi connectivity index (χ3n) is 3.27. The minimum atomic E-state index is -3.39. The Balaban J connectivity index is 2.57. The number of carbonyl (C=O) groups is 1. The number of hydrogen-bond acceptors (Lipinski definition) is 4. The molecule has 130 valence electrons. The van der Waals surface area contributed by atoms with E-state index in [1.165, 1.54) is 0 Å². The number of hydrogen-bond donors (Lipinski definition) is 3. The van der Waals surface area contributed by atoms with Crippen molar-refractivity contribution in [3.63, 3.8) is 0 Å². The first-order chi connectivity index (χ1) is 10.8. The molecule has 0 aromatic heterocycles. The number of alkyl halides is 1. The average molecular weight is 407 g/mol. The van der Waals surface area contributed by atoms with Crippen LogP contribution in [0.3, 0.4) is 0 Å². The van der Waals surface area contributed by atoms with Crippen LogP contribution in [0.15, 0.2) is 24.3 Å². The summed E-state index contributed by atoms with van der Waals surface area (Å²) >= 11 is 3.34. The Morgan fingerprint density at radius 2 is 1.96 bits per heavy atom. The molecule has 1 aromatic rings. The van der Waals surface area contributed by atoms with Gasteiger partial charge in [-0.25, -0.2) is 8.42 Å². The molecule has 1 aromatic carbocycles. The van der Waals surface area contributed by atoms with E-state index in [0.29, 0.717) is 17.7 Å². The largest absolute Gasteiger partial charge is 0.480 e. The van der Waals surface area contributed by atoms with Crippen molar-refractivity contribution in [2.75, 3.05) is 15.8 Å². The second kappa shape index (κ2) is 9.89. The molecule has 0 fully saturated rings. The number of unbranched alkanes of at least 4 members (excludes halogenated alkanes) is 3. The van der Waals surface area contributed by atoms with Gasteiger partial charge in [0.15, 0.2) is 0 Å². The summed E-state index contributed by atoms with van der Waals surface area (Å²) in [6, 6.07) is 5.65. The zero-order valence-corrected chi connectivity index (χ0v) is 15.3. The van der Waals surface area contributed by atoms with Gasteiger partial charge in [-0.3, -0.25) is 9.52 Å². The molecule has 0 aliphatic heterocycles. The molecule has 0 saturated heterocycles. The van der Waals surface area contributed by atoms with Gasteiger partial charge in [0.25, 0.3) is 0 Å². The number of nitrogens with two attached hydrogens (primary N) is 1. The lowest BCUT2D eigenvalue weighted by atomic mass is 10.1. The molecule has 0 amide bonds. The lowest BCUT2D eigenvalue weighted by Crippen LogP contribution is -2.32. The fraction of sp³-hybridized carbons (Fsp3) is 0.533. The van der Waals surface area contributed by atoms with Crippen LogP contribution in [-0.2, 0) is 21.2 Å². The zero-order chi connectivity index (χ0) is 17.3. The maximum absolute atomic E-state index is 12.0. The first-order valence-corrected chi connectivity index (χ1v) is 10.3. The van der Waals surface area contributed by atoms with Gasteiger partial charge < -0.3 is 10.8 Å². The summed E-state index contributed by atoms with van der Waals surface area (Å²) in [5.41, 5.74) is 6.60. The van der Waals surface area contributed by atoms with Crippen LogP contribution >= 0.6 is 15.9 Å². The number of carboxylic acid groups (broad SMARTS) is 1. The predicted octanol–water partition coefficient (Wildman–Crippen LogP) is 2.34. The summed E-state index contributed by atoms with van der Waals surface area (Å²) in [5.74, 6) is -1.01. The van der Waals surface area contributed by atoms with Gasteiger partial charge in [-0.2, -0.15) is 0 Å². The Hall–Kier alpha value is -1.12. The van der Waals surface area contributed by atoms with E-state index in [4.69, 9.17) is 10.8 Å². The number of carboxylic acids is 1. The van der Waals surface area contributed by atoms with Gasteiger partial charge >= 0.3 is 5.97 Å². The minimum Gasteiger partial charge on any atom is -0.480 e. The van der Waals surface area contributed by atoms with Crippen LogP contribution in [0.5, 0.6) is 0 Å². The first kappa shape index (κ1) is 19.9. The molecule has 8 heteroatoms. The fourth-order valence-corrected chi connectivity index (χ4v) is 3.64. The van der Waals surface area contributed by atoms with Crippen LogP contribution in [-0.4, -0.2) is 36.6 Å². The maximum Gasteiger partial charge on any atom is 0.320 e. The SMILES string of the molecule is NC(Cc1cccc(NS(=O)(=O)CCCCCCBr)c1)C(=O)O. The van der Waals surface area contributed by atoms with E-state index in [-0.39, 0.29) is 12.2 Å². The summed E-state index contributed by atoms with van der Waals surface area (Å²) in [4.78, 5) is 10.8. The number of nitrogens with one attached hydrogen (secondary N) is 1. The van der Waals surface area contributed by atoms with E-state index in [9.17, 15) is 13.2 Å². The van der Waals surface area contributed by atoms with Crippen molar-refractivity contribution in [2.45, 2.75) is 38.1 Å². The monoisotopic (exact) mass is 406 g/mol. The molecule has 1 atom stereocenters. The van der Waals surface area contributed by atoms with Crippen LogP contribution in [0.25, 0.3) is 0 Å². The number of halogens is 1. The molecule has 23 heavy (non-hydrogen) atoms. The Morgan fingerprint density at radius 3 is 2.61 bits per heavy atom. The molecule has 0 aliphatic rings. The van der Waals surface area contributed by atoms with Gasteiger partial charge in [-0.05, 0) is 37.0 Å². The molecule has 0 heterocycles. The lowest BCUT2D eigenvalue weighted by Gasteiger charge is -2.11. The van der Waals surface area contributed by atoms with Gasteiger partial charge in [0.2, 0.25) is 10.0 Å². The number of aliphatic carboxylic acids is 1. The lowest BCUT2D eigenvalue weighted by molar-refractivity contribution is -0.138. The minimum absolute atomic E-state index is 0.0775. The highest BCUT2D eigenvalue weighted by Crippen LogP contribution is 2.15. The fourth-order valence-electron chi connectivity index (χ4n) is 2.07. The van der Waals surface area contributed by atoms with Crippen molar-refractivity contribution in [2.24, 2.45) is 5.73 Å². The summed E-state index contributed by atoms with van der Waals surface area (Å²) in [6.07, 6.45) is 3.69. The van der Waals surface area contributed by atoms with Crippen molar-refractivity contribution in [3.05, 3.63) is 29.8 Å². The van der Waals surface area contributed by atoms with E-state index < -0.39 is 22.0 Å². The Bertz CT molecular complexity index is 607. The summed E-state index contributed by atoms with van der Waals surface area (Å²) in [5, 5.41) is 9.75. The Labute approximate surface area is 145 Å². The zero-order valence-electron chi connectivity index (χ0n) is 12.9. The van der Waals surface area contributed by atoms with Crippen molar-refractivity contribution in [1.29, 1.82) is 0 Å². The second-order valence-electron chi connectivity index (χ2n) is 5.37. The van der Waals surface area contributed by atoms with E-state index in [1.807, 2.05) is 0 Å². The number of rotatable bonds is 11. The van der Waals surface area contributed by atoms with E-state index >= 15 is 0 Å². The van der Waals surface area contributed by atoms with Crippen molar-refractivity contribution in [1.82, 2.24) is 0 Å². The van der Waals surface area contributed by atoms with Gasteiger partial charge in [0.05, 0.1) is 5.75 Å². The molecule has 6 nitrogen and oxygen atoms in total. The highest BCUT2D eigenvalue weighted by Gasteiger charge is 2.14. The van der Waals surface area contributed by atoms with Gasteiger partial charge in [0.1, 0.15) is 6.04 Å². The molecule has 0 bridgehead atoms. The van der Waals surface area contributed by atoms with Crippen LogP contribution in [0.1, 0.15) is 31.2 Å². The normalized spacial score (nSPS) is 12.8. The number of anilines is 1. The van der Waals surface area contributed by atoms with Crippen LogP contribution in [0.4, 0.5) is 5.69 Å². The molecular weight excluding hydrogens is 384 g/mol. The van der Waals surface area contributed by atoms with Crippen molar-refractivity contribution >= 4 is 37.6 Å². The summed E-state index contributed by atoms with van der Waals surface area (Å²) in [6.45, 7) is 0. The molecule has 0 aliphatic carbocycles. The quantitative estimate of drug-likeness (QED) is 0.385. The first-order valence-electron chi connectivity index (χ1n) is 7.48. The molecule has 0 radical (unpaired) electrons. The molecular formula is C15H23BrN2O4S. The molecule has 4 N–H and O–H groups in total. The summed E-state index contributed by atoms with van der Waals surface area (Å²) in [7, 11) is -3.39. The molecule has 1 rings (SSSR count). The standard InChI is InChI=1S/C15H23BrN2O4S/c16-8-3-1-2-4-9-23(21,22)18-13-7-5-6-12(10-13)11-14(17)15(19)20/h5-7,10,14,18H,1-4,8-9,11,17H2,(H,19,20). The smallest absolute Gasteiger partial charge is 0.320 e. The molecule has 1 unspecified atom stereocenters. The van der Waals surface area contributed by atoms with Gasteiger partial charge in [0, 0.05) is 11.0 Å². The topological polar surface area (TPSA) is 109 Å². The van der Waals surface area contributed by atoms with Gasteiger partial charge in [-0.1, -0.05) is 40.9 Å². The molecule has 0 saturated carbocycles. The number of benzene rings is 1. The third kappa shape index (κ3) is 8.34. The second-order valence-corrected chi connectivity index (χ2v) is 8.01. The highest BCUT2D eigenvalue weighted by atomic mass is 79.9. The predicted molar refractivity (Wildman–Crippen MR) is 95.4 cm³/mol. The van der Waals surface area contributed by atoms with Crippen LogP contribution < -0.4 is 10.5 Å². The Kier molecular flexibility index (Phi) is 8.57. The third-order valence-corrected chi connectivity index (χ3v) is 5.20. The van der Waals surface area contributed by atoms with Crippen LogP contribution in [0.2, 0.25) is 0 Å². The Morgan fingerprint density at radius 1 is 1.26 bits per heavy atom. The van der Waals surface area contributed by atoms with Crippen LogP contribution in [0, 0.1) is 0 Å².